The lowest BCUT2D eigenvalue weighted by Crippen LogP contribution is -2.54. The van der Waals surface area contributed by atoms with Crippen LogP contribution in [0.4, 0.5) is 0 Å². The summed E-state index contributed by atoms with van der Waals surface area (Å²) in [5.74, 6) is 3.77. The van der Waals surface area contributed by atoms with Crippen LogP contribution in [0.2, 0.25) is 6.04 Å². The quantitative estimate of drug-likeness (QED) is 0.323. The fourth-order valence-corrected chi connectivity index (χ4v) is 6.22. The van der Waals surface area contributed by atoms with Crippen molar-refractivity contribution < 1.29 is 0 Å². The Morgan fingerprint density at radius 2 is 1.78 bits per heavy atom. The molecule has 0 amide bonds. The second-order valence-corrected chi connectivity index (χ2v) is 16.4. The maximum Gasteiger partial charge on any atom is 0.341 e. The molecule has 0 spiro atoms. The molecule has 0 radical (unpaired) electrons. The van der Waals surface area contributed by atoms with Gasteiger partial charge in [0.25, 0.3) is 0 Å². The van der Waals surface area contributed by atoms with E-state index in [4.69, 9.17) is 33.2 Å². The summed E-state index contributed by atoms with van der Waals surface area (Å²) in [6.45, 7) is 7.40. The smallest absolute Gasteiger partial charge is 0.126 e. The van der Waals surface area contributed by atoms with E-state index in [1.807, 2.05) is 0 Å². The number of hydrogen-bond acceptors (Lipinski definition) is 0. The van der Waals surface area contributed by atoms with Crippen molar-refractivity contribution in [1.82, 2.24) is 0 Å². The summed E-state index contributed by atoms with van der Waals surface area (Å²) in [5, 5.41) is 0. The minimum atomic E-state index is -2.37. The largest absolute Gasteiger partial charge is 0.341 e. The fraction of sp³-hybridized carbons (Fsp3) is 1.00. The molecule has 3 fully saturated rings. The van der Waals surface area contributed by atoms with Gasteiger partial charge in [-0.05, 0) is 48.0 Å². The SMILES string of the molecule is C[C@H]1[C@H](CCCC[Si](Cl)(Cl)Cl)C[C@@H]2C[C@H]1C2(C)C. The minimum Gasteiger partial charge on any atom is -0.126 e. The first-order chi connectivity index (χ1) is 8.22. The summed E-state index contributed by atoms with van der Waals surface area (Å²) >= 11 is 17.8. The van der Waals surface area contributed by atoms with Crippen LogP contribution in [0.1, 0.15) is 52.9 Å². The first kappa shape index (κ1) is 15.5. The molecule has 4 heteroatoms. The Bertz CT molecular complexity index is 298. The number of halogens is 3. The Balaban J connectivity index is 1.73. The average Bonchev–Trinajstić information content (AvgIpc) is 2.24. The third-order valence-corrected chi connectivity index (χ3v) is 8.42. The van der Waals surface area contributed by atoms with Crippen molar-refractivity contribution in [3.05, 3.63) is 0 Å². The summed E-state index contributed by atoms with van der Waals surface area (Å²) < 4.78 is 0. The number of unbranched alkanes of at least 4 members (excludes halogenated alkanes) is 1. The highest BCUT2D eigenvalue weighted by molar-refractivity contribution is 7.64. The molecule has 3 aliphatic rings. The van der Waals surface area contributed by atoms with Gasteiger partial charge in [-0.1, -0.05) is 40.0 Å². The molecule has 3 aliphatic carbocycles. The van der Waals surface area contributed by atoms with E-state index in [1.165, 1.54) is 25.7 Å². The molecule has 0 nitrogen and oxygen atoms in total. The van der Waals surface area contributed by atoms with Crippen molar-refractivity contribution in [2.75, 3.05) is 0 Å². The van der Waals surface area contributed by atoms with E-state index in [1.54, 1.807) is 0 Å². The number of fused-ring (bicyclic) bond motifs is 2. The Hall–Kier alpha value is 1.09. The lowest BCUT2D eigenvalue weighted by molar-refractivity contribution is -0.130. The van der Waals surface area contributed by atoms with E-state index in [9.17, 15) is 0 Å². The normalized spacial score (nSPS) is 38.3. The van der Waals surface area contributed by atoms with E-state index in [0.29, 0.717) is 5.41 Å². The van der Waals surface area contributed by atoms with Crippen LogP contribution in [-0.4, -0.2) is 6.00 Å². The molecular weight excluding hydrogens is 303 g/mol. The molecule has 0 N–H and O–H groups in total. The first-order valence-electron chi connectivity index (χ1n) is 7.28. The van der Waals surface area contributed by atoms with Crippen LogP contribution in [0.3, 0.4) is 0 Å². The van der Waals surface area contributed by atoms with Crippen molar-refractivity contribution in [3.63, 3.8) is 0 Å². The highest BCUT2D eigenvalue weighted by Crippen LogP contribution is 2.63. The van der Waals surface area contributed by atoms with E-state index in [0.717, 1.165) is 36.1 Å². The Morgan fingerprint density at radius 1 is 1.11 bits per heavy atom. The first-order valence-corrected chi connectivity index (χ1v) is 12.5. The van der Waals surface area contributed by atoms with Gasteiger partial charge in [-0.15, -0.1) is 33.2 Å². The molecule has 0 saturated heterocycles. The molecule has 0 aromatic rings. The third kappa shape index (κ3) is 3.21. The van der Waals surface area contributed by atoms with Gasteiger partial charge in [-0.3, -0.25) is 0 Å². The van der Waals surface area contributed by atoms with Crippen LogP contribution in [0.25, 0.3) is 0 Å². The van der Waals surface area contributed by atoms with Crippen LogP contribution in [-0.2, 0) is 0 Å². The van der Waals surface area contributed by atoms with Gasteiger partial charge in [-0.25, -0.2) is 0 Å². The fourth-order valence-electron chi connectivity index (χ4n) is 4.37. The van der Waals surface area contributed by atoms with E-state index in [-0.39, 0.29) is 0 Å². The minimum absolute atomic E-state index is 0.612. The molecule has 0 aromatic carbocycles. The molecule has 3 rings (SSSR count). The zero-order valence-electron chi connectivity index (χ0n) is 11.7. The molecule has 0 aliphatic heterocycles. The second-order valence-electron chi connectivity index (χ2n) is 7.08. The molecule has 0 aromatic heterocycles. The zero-order chi connectivity index (χ0) is 13.6. The van der Waals surface area contributed by atoms with Crippen molar-refractivity contribution in [3.8, 4) is 0 Å². The highest BCUT2D eigenvalue weighted by atomic mass is 35.8. The monoisotopic (exact) mass is 326 g/mol. The van der Waals surface area contributed by atoms with Crippen LogP contribution >= 0.6 is 33.2 Å². The third-order valence-electron chi connectivity index (χ3n) is 5.80. The van der Waals surface area contributed by atoms with E-state index in [2.05, 4.69) is 20.8 Å². The molecule has 0 unspecified atom stereocenters. The summed E-state index contributed by atoms with van der Waals surface area (Å²) in [5.41, 5.74) is 0.612. The molecule has 18 heavy (non-hydrogen) atoms. The van der Waals surface area contributed by atoms with Crippen molar-refractivity contribution in [2.45, 2.75) is 58.9 Å². The maximum absolute atomic E-state index is 5.92. The predicted molar refractivity (Wildman–Crippen MR) is 84.6 cm³/mol. The molecule has 3 saturated carbocycles. The molecular formula is C14H25Cl3Si. The molecule has 2 bridgehead atoms. The molecule has 4 atom stereocenters. The Kier molecular flexibility index (Phi) is 4.70. The summed E-state index contributed by atoms with van der Waals surface area (Å²) in [6, 6.07) is -1.54. The van der Waals surface area contributed by atoms with Crippen molar-refractivity contribution in [2.24, 2.45) is 29.1 Å². The van der Waals surface area contributed by atoms with Gasteiger partial charge in [0, 0.05) is 0 Å². The summed E-state index contributed by atoms with van der Waals surface area (Å²) in [7, 11) is 0. The second kappa shape index (κ2) is 5.46. The topological polar surface area (TPSA) is 0 Å². The predicted octanol–water partition coefficient (Wildman–Crippen LogP) is 6.13. The Labute approximate surface area is 127 Å². The van der Waals surface area contributed by atoms with Gasteiger partial charge >= 0.3 is 6.00 Å². The van der Waals surface area contributed by atoms with Gasteiger partial charge in [0.2, 0.25) is 0 Å². The van der Waals surface area contributed by atoms with Crippen LogP contribution < -0.4 is 0 Å². The van der Waals surface area contributed by atoms with E-state index >= 15 is 0 Å². The summed E-state index contributed by atoms with van der Waals surface area (Å²) in [6.07, 6.45) is 6.61. The number of hydrogen-bond donors (Lipinski definition) is 0. The lowest BCUT2D eigenvalue weighted by Gasteiger charge is -2.62. The van der Waals surface area contributed by atoms with Gasteiger partial charge in [-0.2, -0.15) is 0 Å². The standard InChI is InChI=1S/C14H25Cl3Si/c1-10-11(6-4-5-7-18(15,16)17)8-12-9-13(10)14(12,2)3/h10-13H,4-9H2,1-3H3/t10-,11+,12+,13+/m0/s1. The van der Waals surface area contributed by atoms with Crippen LogP contribution in [0, 0.1) is 29.1 Å². The van der Waals surface area contributed by atoms with Gasteiger partial charge in [0.1, 0.15) is 0 Å². The van der Waals surface area contributed by atoms with Gasteiger partial charge in [0.05, 0.1) is 0 Å². The number of rotatable bonds is 5. The van der Waals surface area contributed by atoms with Crippen molar-refractivity contribution >= 4 is 39.2 Å². The maximum atomic E-state index is 5.92. The zero-order valence-corrected chi connectivity index (χ0v) is 15.0. The summed E-state index contributed by atoms with van der Waals surface area (Å²) in [4.78, 5) is 0. The average molecular weight is 328 g/mol. The highest BCUT2D eigenvalue weighted by Gasteiger charge is 2.55. The van der Waals surface area contributed by atoms with E-state index < -0.39 is 6.00 Å². The Morgan fingerprint density at radius 3 is 2.28 bits per heavy atom. The van der Waals surface area contributed by atoms with Crippen LogP contribution in [0.15, 0.2) is 0 Å². The van der Waals surface area contributed by atoms with Crippen LogP contribution in [0.5, 0.6) is 0 Å². The lowest BCUT2D eigenvalue weighted by atomic mass is 9.43. The molecule has 106 valence electrons. The van der Waals surface area contributed by atoms with Crippen molar-refractivity contribution in [1.29, 1.82) is 0 Å². The van der Waals surface area contributed by atoms with Gasteiger partial charge < -0.3 is 0 Å². The molecule has 0 heterocycles. The van der Waals surface area contributed by atoms with Gasteiger partial charge in [0.15, 0.2) is 0 Å².